The van der Waals surface area contributed by atoms with Crippen molar-refractivity contribution in [1.82, 2.24) is 15.1 Å². The minimum atomic E-state index is -0.333. The topological polar surface area (TPSA) is 35.6 Å². The molecule has 3 fully saturated rings. The molecule has 4 nitrogen and oxygen atoms in total. The molecule has 1 N–H and O–H groups in total. The normalized spacial score (nSPS) is 27.1. The number of hydrogen-bond acceptors (Lipinski definition) is 3. The Morgan fingerprint density at radius 1 is 1.07 bits per heavy atom. The Balaban J connectivity index is 1.39. The molecule has 1 aromatic rings. The zero-order valence-corrected chi connectivity index (χ0v) is 17.2. The molecule has 1 unspecified atom stereocenters. The van der Waals surface area contributed by atoms with Crippen LogP contribution in [0.3, 0.4) is 0 Å². The molecular weight excluding hydrogens is 358 g/mol. The molecule has 2 heterocycles. The lowest BCUT2D eigenvalue weighted by molar-refractivity contribution is -0.131. The summed E-state index contributed by atoms with van der Waals surface area (Å²) in [5.41, 5.74) is 0.791. The molecule has 2 saturated heterocycles. The smallest absolute Gasteiger partial charge is 0.230 e. The van der Waals surface area contributed by atoms with Crippen molar-refractivity contribution in [2.45, 2.75) is 62.4 Å². The summed E-state index contributed by atoms with van der Waals surface area (Å²) in [6.45, 7) is 4.58. The fourth-order valence-corrected chi connectivity index (χ4v) is 5.21. The second-order valence-corrected chi connectivity index (χ2v) is 9.22. The van der Waals surface area contributed by atoms with E-state index in [0.717, 1.165) is 42.8 Å². The first-order valence-corrected chi connectivity index (χ1v) is 10.9. The summed E-state index contributed by atoms with van der Waals surface area (Å²) in [4.78, 5) is 18.3. The summed E-state index contributed by atoms with van der Waals surface area (Å²) in [6, 6.07) is 8.87. The number of likely N-dealkylation sites (tertiary alicyclic amines) is 2. The lowest BCUT2D eigenvalue weighted by atomic mass is 9.63. The Hall–Kier alpha value is -1.10. The van der Waals surface area contributed by atoms with Gasteiger partial charge in [0.1, 0.15) is 0 Å². The van der Waals surface area contributed by atoms with E-state index < -0.39 is 0 Å². The number of nitrogens with one attached hydrogen (secondary N) is 1. The van der Waals surface area contributed by atoms with E-state index in [4.69, 9.17) is 11.6 Å². The monoisotopic (exact) mass is 389 g/mol. The van der Waals surface area contributed by atoms with Gasteiger partial charge in [0.05, 0.1) is 5.41 Å². The minimum Gasteiger partial charge on any atom is -0.351 e. The first-order valence-electron chi connectivity index (χ1n) is 10.6. The highest BCUT2D eigenvalue weighted by Crippen LogP contribution is 2.44. The number of carbonyl (C=O) groups is 1. The highest BCUT2D eigenvalue weighted by Gasteiger charge is 2.46. The van der Waals surface area contributed by atoms with Gasteiger partial charge in [0.25, 0.3) is 0 Å². The first-order chi connectivity index (χ1) is 13.1. The van der Waals surface area contributed by atoms with Gasteiger partial charge in [0.2, 0.25) is 5.91 Å². The molecule has 1 amide bonds. The van der Waals surface area contributed by atoms with E-state index in [9.17, 15) is 4.79 Å². The quantitative estimate of drug-likeness (QED) is 0.856. The molecule has 148 valence electrons. The van der Waals surface area contributed by atoms with Crippen LogP contribution in [0.5, 0.6) is 0 Å². The van der Waals surface area contributed by atoms with Crippen LogP contribution < -0.4 is 5.32 Å². The van der Waals surface area contributed by atoms with Gasteiger partial charge in [-0.2, -0.15) is 0 Å². The van der Waals surface area contributed by atoms with Crippen molar-refractivity contribution in [2.75, 3.05) is 33.2 Å². The van der Waals surface area contributed by atoms with E-state index in [2.05, 4.69) is 22.2 Å². The van der Waals surface area contributed by atoms with E-state index >= 15 is 0 Å². The van der Waals surface area contributed by atoms with Crippen molar-refractivity contribution >= 4 is 17.5 Å². The number of piperidine rings is 2. The highest BCUT2D eigenvalue weighted by atomic mass is 35.5. The summed E-state index contributed by atoms with van der Waals surface area (Å²) in [5, 5.41) is 4.16. The predicted molar refractivity (Wildman–Crippen MR) is 110 cm³/mol. The molecule has 3 aliphatic rings. The van der Waals surface area contributed by atoms with Gasteiger partial charge in [-0.3, -0.25) is 9.69 Å². The van der Waals surface area contributed by atoms with Crippen LogP contribution in [0.2, 0.25) is 5.02 Å². The molecule has 0 bridgehead atoms. The number of carbonyl (C=O) groups excluding carboxylic acids is 1. The molecule has 1 aliphatic carbocycles. The molecular formula is C22H32ClN3O. The Morgan fingerprint density at radius 2 is 1.78 bits per heavy atom. The van der Waals surface area contributed by atoms with Crippen LogP contribution in [0.25, 0.3) is 0 Å². The largest absolute Gasteiger partial charge is 0.351 e. The molecule has 0 aromatic heterocycles. The van der Waals surface area contributed by atoms with Crippen LogP contribution in [0.15, 0.2) is 24.3 Å². The van der Waals surface area contributed by atoms with E-state index in [0.29, 0.717) is 6.04 Å². The second kappa shape index (κ2) is 8.10. The minimum absolute atomic E-state index is 0.228. The standard InChI is InChI=1S/C22H32ClN3O/c1-25-14-9-20(10-15-25)26-13-2-4-19(16-26)24-21(27)22(11-3-12-22)17-5-7-18(23)8-6-17/h5-8,19-20H,2-4,9-16H2,1H3,(H,24,27). The molecule has 1 atom stereocenters. The third kappa shape index (κ3) is 4.03. The summed E-state index contributed by atoms with van der Waals surface area (Å²) < 4.78 is 0. The van der Waals surface area contributed by atoms with Crippen molar-refractivity contribution in [3.05, 3.63) is 34.9 Å². The van der Waals surface area contributed by atoms with Crippen LogP contribution in [-0.4, -0.2) is 61.0 Å². The van der Waals surface area contributed by atoms with Crippen LogP contribution >= 0.6 is 11.6 Å². The fourth-order valence-electron chi connectivity index (χ4n) is 5.09. The molecule has 2 aliphatic heterocycles. The maximum atomic E-state index is 13.3. The third-order valence-corrected chi connectivity index (χ3v) is 7.28. The molecule has 0 radical (unpaired) electrons. The van der Waals surface area contributed by atoms with E-state index in [1.54, 1.807) is 0 Å². The van der Waals surface area contributed by atoms with Gasteiger partial charge >= 0.3 is 0 Å². The third-order valence-electron chi connectivity index (χ3n) is 7.03. The SMILES string of the molecule is CN1CCC(N2CCCC(NC(=O)C3(c4ccc(Cl)cc4)CCC3)C2)CC1. The molecule has 1 saturated carbocycles. The Morgan fingerprint density at radius 3 is 2.41 bits per heavy atom. The lowest BCUT2D eigenvalue weighted by Gasteiger charge is -2.44. The van der Waals surface area contributed by atoms with Crippen molar-refractivity contribution in [3.8, 4) is 0 Å². The summed E-state index contributed by atoms with van der Waals surface area (Å²) in [7, 11) is 2.21. The van der Waals surface area contributed by atoms with Gasteiger partial charge in [-0.05, 0) is 82.9 Å². The number of nitrogens with zero attached hydrogens (tertiary/aromatic N) is 2. The first kappa shape index (κ1) is 19.2. The second-order valence-electron chi connectivity index (χ2n) is 8.78. The van der Waals surface area contributed by atoms with Gasteiger partial charge in [-0.25, -0.2) is 0 Å². The Labute approximate surface area is 168 Å². The summed E-state index contributed by atoms with van der Waals surface area (Å²) in [5.74, 6) is 0.228. The van der Waals surface area contributed by atoms with Crippen LogP contribution in [-0.2, 0) is 10.2 Å². The van der Waals surface area contributed by atoms with Crippen molar-refractivity contribution in [1.29, 1.82) is 0 Å². The fraction of sp³-hybridized carbons (Fsp3) is 0.682. The van der Waals surface area contributed by atoms with Gasteiger partial charge < -0.3 is 10.2 Å². The number of amides is 1. The number of halogens is 1. The van der Waals surface area contributed by atoms with Crippen LogP contribution in [0.4, 0.5) is 0 Å². The summed E-state index contributed by atoms with van der Waals surface area (Å²) in [6.07, 6.45) is 7.83. The predicted octanol–water partition coefficient (Wildman–Crippen LogP) is 3.44. The average Bonchev–Trinajstić information content (AvgIpc) is 2.63. The molecule has 5 heteroatoms. The van der Waals surface area contributed by atoms with Crippen LogP contribution in [0.1, 0.15) is 50.5 Å². The van der Waals surface area contributed by atoms with Gasteiger partial charge in [0, 0.05) is 23.7 Å². The van der Waals surface area contributed by atoms with Crippen LogP contribution in [0, 0.1) is 0 Å². The van der Waals surface area contributed by atoms with Crippen molar-refractivity contribution < 1.29 is 4.79 Å². The van der Waals surface area contributed by atoms with E-state index in [-0.39, 0.29) is 17.4 Å². The molecule has 0 spiro atoms. The lowest BCUT2D eigenvalue weighted by Crippen LogP contribution is -2.57. The van der Waals surface area contributed by atoms with Crippen molar-refractivity contribution in [2.24, 2.45) is 0 Å². The van der Waals surface area contributed by atoms with E-state index in [1.165, 1.54) is 38.9 Å². The Bertz CT molecular complexity index is 650. The molecule has 4 rings (SSSR count). The molecule has 1 aromatic carbocycles. The number of rotatable bonds is 4. The number of hydrogen-bond donors (Lipinski definition) is 1. The van der Waals surface area contributed by atoms with Gasteiger partial charge in [-0.15, -0.1) is 0 Å². The zero-order valence-electron chi connectivity index (χ0n) is 16.4. The number of benzene rings is 1. The van der Waals surface area contributed by atoms with E-state index in [1.807, 2.05) is 24.3 Å². The van der Waals surface area contributed by atoms with Gasteiger partial charge in [0.15, 0.2) is 0 Å². The highest BCUT2D eigenvalue weighted by molar-refractivity contribution is 6.30. The zero-order chi connectivity index (χ0) is 18.9. The molecule has 27 heavy (non-hydrogen) atoms. The van der Waals surface area contributed by atoms with Gasteiger partial charge in [-0.1, -0.05) is 30.2 Å². The average molecular weight is 390 g/mol. The summed E-state index contributed by atoms with van der Waals surface area (Å²) >= 11 is 6.05. The Kier molecular flexibility index (Phi) is 5.77. The maximum absolute atomic E-state index is 13.3. The van der Waals surface area contributed by atoms with Crippen molar-refractivity contribution in [3.63, 3.8) is 0 Å². The maximum Gasteiger partial charge on any atom is 0.230 e.